The number of nitrogens with zero attached hydrogens (tertiary/aromatic N) is 3. The predicted molar refractivity (Wildman–Crippen MR) is 116 cm³/mol. The van der Waals surface area contributed by atoms with Crippen molar-refractivity contribution in [1.29, 1.82) is 0 Å². The smallest absolute Gasteiger partial charge is 0.236 e. The summed E-state index contributed by atoms with van der Waals surface area (Å²) in [6.45, 7) is 4.13. The van der Waals surface area contributed by atoms with Crippen LogP contribution in [0, 0.1) is 5.82 Å². The van der Waals surface area contributed by atoms with E-state index < -0.39 is 0 Å². The standard InChI is InChI=1S/C23H27FN4O3/c1-15-12-28(13-16-4-6-18(30-3)11-21(16)31-15)14-23(29)27(2)9-8-22-25-19-7-5-17(24)10-20(19)26-22/h4-7,10-11,15H,8-9,12-14H2,1-3H3,(H,25,26)/t15-/m0/s1. The van der Waals surface area contributed by atoms with E-state index in [1.807, 2.05) is 25.1 Å². The van der Waals surface area contributed by atoms with Crippen LogP contribution in [0.1, 0.15) is 18.3 Å². The van der Waals surface area contributed by atoms with E-state index in [2.05, 4.69) is 14.9 Å². The molecule has 164 valence electrons. The zero-order valence-electron chi connectivity index (χ0n) is 18.0. The van der Waals surface area contributed by atoms with E-state index in [0.717, 1.165) is 28.4 Å². The number of aromatic nitrogens is 2. The number of carbonyl (C=O) groups is 1. The van der Waals surface area contributed by atoms with Crippen LogP contribution in [0.15, 0.2) is 36.4 Å². The molecule has 3 aromatic rings. The Balaban J connectivity index is 1.36. The molecule has 1 atom stereocenters. The first kappa shape index (κ1) is 21.1. The summed E-state index contributed by atoms with van der Waals surface area (Å²) >= 11 is 0. The SMILES string of the molecule is COc1ccc2c(c1)O[C@@H](C)CN(CC(=O)N(C)CCc1nc3ccc(F)cc3[nH]1)C2. The van der Waals surface area contributed by atoms with E-state index in [4.69, 9.17) is 9.47 Å². The van der Waals surface area contributed by atoms with Gasteiger partial charge in [-0.25, -0.2) is 9.37 Å². The quantitative estimate of drug-likeness (QED) is 0.656. The van der Waals surface area contributed by atoms with Gasteiger partial charge in [0.05, 0.1) is 24.7 Å². The lowest BCUT2D eigenvalue weighted by Gasteiger charge is -2.24. The van der Waals surface area contributed by atoms with Gasteiger partial charge >= 0.3 is 0 Å². The van der Waals surface area contributed by atoms with E-state index in [9.17, 15) is 9.18 Å². The maximum absolute atomic E-state index is 13.4. The van der Waals surface area contributed by atoms with Crippen LogP contribution >= 0.6 is 0 Å². The van der Waals surface area contributed by atoms with E-state index in [1.54, 1.807) is 25.1 Å². The molecule has 31 heavy (non-hydrogen) atoms. The number of carbonyl (C=O) groups excluding carboxylic acids is 1. The van der Waals surface area contributed by atoms with Crippen LogP contribution < -0.4 is 9.47 Å². The first-order chi connectivity index (χ1) is 14.9. The molecule has 0 radical (unpaired) electrons. The molecule has 7 nitrogen and oxygen atoms in total. The lowest BCUT2D eigenvalue weighted by atomic mass is 10.2. The molecule has 0 spiro atoms. The number of fused-ring (bicyclic) bond motifs is 2. The highest BCUT2D eigenvalue weighted by Crippen LogP contribution is 2.29. The monoisotopic (exact) mass is 426 g/mol. The lowest BCUT2D eigenvalue weighted by molar-refractivity contribution is -0.131. The Morgan fingerprint density at radius 2 is 2.19 bits per heavy atom. The second kappa shape index (κ2) is 8.93. The Labute approximate surface area is 180 Å². The molecule has 2 heterocycles. The van der Waals surface area contributed by atoms with Crippen LogP contribution in [0.4, 0.5) is 4.39 Å². The molecule has 0 saturated heterocycles. The van der Waals surface area contributed by atoms with Gasteiger partial charge in [0, 0.05) is 44.7 Å². The molecule has 1 aliphatic heterocycles. The van der Waals surface area contributed by atoms with Crippen LogP contribution in [-0.4, -0.2) is 65.6 Å². The number of rotatable bonds is 6. The number of H-pyrrole nitrogens is 1. The van der Waals surface area contributed by atoms with Gasteiger partial charge < -0.3 is 19.4 Å². The number of nitrogens with one attached hydrogen (secondary N) is 1. The minimum atomic E-state index is -0.300. The fourth-order valence-electron chi connectivity index (χ4n) is 3.81. The van der Waals surface area contributed by atoms with E-state index in [-0.39, 0.29) is 17.8 Å². The summed E-state index contributed by atoms with van der Waals surface area (Å²) in [5, 5.41) is 0. The van der Waals surface area contributed by atoms with Gasteiger partial charge in [0.15, 0.2) is 0 Å². The number of aromatic amines is 1. The summed E-state index contributed by atoms with van der Waals surface area (Å²) in [6.07, 6.45) is 0.531. The Kier molecular flexibility index (Phi) is 6.08. The van der Waals surface area contributed by atoms with Crippen molar-refractivity contribution >= 4 is 16.9 Å². The van der Waals surface area contributed by atoms with Crippen molar-refractivity contribution in [3.8, 4) is 11.5 Å². The van der Waals surface area contributed by atoms with Crippen LogP contribution in [0.25, 0.3) is 11.0 Å². The molecule has 4 rings (SSSR count). The van der Waals surface area contributed by atoms with E-state index in [1.165, 1.54) is 12.1 Å². The van der Waals surface area contributed by atoms with Gasteiger partial charge in [-0.2, -0.15) is 0 Å². The number of likely N-dealkylation sites (N-methyl/N-ethyl adjacent to an activating group) is 1. The van der Waals surface area contributed by atoms with Crippen LogP contribution in [0.5, 0.6) is 11.5 Å². The van der Waals surface area contributed by atoms with Crippen molar-refractivity contribution in [2.24, 2.45) is 0 Å². The molecule has 0 fully saturated rings. The number of amides is 1. The van der Waals surface area contributed by atoms with Gasteiger partial charge in [-0.05, 0) is 31.2 Å². The second-order valence-corrected chi connectivity index (χ2v) is 7.98. The topological polar surface area (TPSA) is 70.7 Å². The Bertz CT molecular complexity index is 1080. The lowest BCUT2D eigenvalue weighted by Crippen LogP contribution is -2.41. The van der Waals surface area contributed by atoms with Crippen molar-refractivity contribution in [2.75, 3.05) is 33.8 Å². The van der Waals surface area contributed by atoms with Crippen molar-refractivity contribution in [2.45, 2.75) is 26.0 Å². The molecule has 0 bridgehead atoms. The first-order valence-electron chi connectivity index (χ1n) is 10.4. The highest BCUT2D eigenvalue weighted by molar-refractivity contribution is 5.78. The number of benzene rings is 2. The third-order valence-electron chi connectivity index (χ3n) is 5.47. The summed E-state index contributed by atoms with van der Waals surface area (Å²) in [5.41, 5.74) is 2.42. The second-order valence-electron chi connectivity index (χ2n) is 7.98. The van der Waals surface area contributed by atoms with Gasteiger partial charge in [-0.15, -0.1) is 0 Å². The maximum atomic E-state index is 13.4. The number of methoxy groups -OCH3 is 1. The molecule has 8 heteroatoms. The van der Waals surface area contributed by atoms with Gasteiger partial charge in [-0.3, -0.25) is 9.69 Å². The van der Waals surface area contributed by atoms with Gasteiger partial charge in [0.25, 0.3) is 0 Å². The van der Waals surface area contributed by atoms with Crippen LogP contribution in [0.2, 0.25) is 0 Å². The highest BCUT2D eigenvalue weighted by atomic mass is 19.1. The minimum absolute atomic E-state index is 0.0336. The molecule has 0 unspecified atom stereocenters. The van der Waals surface area contributed by atoms with Crippen molar-refractivity contribution < 1.29 is 18.7 Å². The summed E-state index contributed by atoms with van der Waals surface area (Å²) in [6, 6.07) is 10.2. The first-order valence-corrected chi connectivity index (χ1v) is 10.4. The number of hydrogen-bond acceptors (Lipinski definition) is 5. The van der Waals surface area contributed by atoms with Gasteiger partial charge in [0.2, 0.25) is 5.91 Å². The van der Waals surface area contributed by atoms with Crippen molar-refractivity contribution in [3.05, 3.63) is 53.6 Å². The number of hydrogen-bond donors (Lipinski definition) is 1. The maximum Gasteiger partial charge on any atom is 0.236 e. The zero-order chi connectivity index (χ0) is 22.0. The van der Waals surface area contributed by atoms with Crippen LogP contribution in [0.3, 0.4) is 0 Å². The molecule has 1 aliphatic rings. The summed E-state index contributed by atoms with van der Waals surface area (Å²) in [7, 11) is 3.42. The van der Waals surface area contributed by atoms with Gasteiger partial charge in [0.1, 0.15) is 29.2 Å². The fourth-order valence-corrected chi connectivity index (χ4v) is 3.81. The summed E-state index contributed by atoms with van der Waals surface area (Å²) < 4.78 is 24.7. The average Bonchev–Trinajstić information content (AvgIpc) is 3.07. The van der Waals surface area contributed by atoms with Crippen molar-refractivity contribution in [3.63, 3.8) is 0 Å². The predicted octanol–water partition coefficient (Wildman–Crippen LogP) is 2.99. The Morgan fingerprint density at radius 1 is 1.35 bits per heavy atom. The summed E-state index contributed by atoms with van der Waals surface area (Å²) in [5.74, 6) is 2.02. The minimum Gasteiger partial charge on any atom is -0.497 e. The van der Waals surface area contributed by atoms with Crippen LogP contribution in [-0.2, 0) is 17.8 Å². The molecule has 0 aliphatic carbocycles. The molecule has 1 N–H and O–H groups in total. The molecule has 0 saturated carbocycles. The average molecular weight is 426 g/mol. The number of halogens is 1. The third kappa shape index (κ3) is 4.96. The Hall–Kier alpha value is -3.13. The molecular formula is C23H27FN4O3. The van der Waals surface area contributed by atoms with Crippen molar-refractivity contribution in [1.82, 2.24) is 19.8 Å². The molecule has 2 aromatic carbocycles. The third-order valence-corrected chi connectivity index (χ3v) is 5.47. The Morgan fingerprint density at radius 3 is 3.00 bits per heavy atom. The molecular weight excluding hydrogens is 399 g/mol. The zero-order valence-corrected chi connectivity index (χ0v) is 18.0. The van der Waals surface area contributed by atoms with E-state index in [0.29, 0.717) is 38.1 Å². The number of ether oxygens (including phenoxy) is 2. The largest absolute Gasteiger partial charge is 0.497 e. The molecule has 1 aromatic heterocycles. The van der Waals surface area contributed by atoms with E-state index >= 15 is 0 Å². The summed E-state index contributed by atoms with van der Waals surface area (Å²) in [4.78, 5) is 24.2. The fraction of sp³-hybridized carbons (Fsp3) is 0.391. The number of imidazole rings is 1. The van der Waals surface area contributed by atoms with Gasteiger partial charge in [-0.1, -0.05) is 6.07 Å². The highest BCUT2D eigenvalue weighted by Gasteiger charge is 2.23. The molecule has 1 amide bonds. The normalized spacial score (nSPS) is 16.5.